The molecule has 1 aromatic carbocycles. The van der Waals surface area contributed by atoms with Crippen molar-refractivity contribution in [2.75, 3.05) is 5.75 Å². The maximum Gasteiger partial charge on any atom is 0.124 e. The van der Waals surface area contributed by atoms with Gasteiger partial charge in [-0.2, -0.15) is 0 Å². The smallest absolute Gasteiger partial charge is 0.124 e. The number of nitrogens with two attached hydrogens (primary N) is 1. The summed E-state index contributed by atoms with van der Waals surface area (Å²) in [6, 6.07) is 8.56. The molecule has 4 heteroatoms. The van der Waals surface area contributed by atoms with Crippen LogP contribution in [0, 0.1) is 0 Å². The van der Waals surface area contributed by atoms with E-state index in [9.17, 15) is 0 Å². The maximum absolute atomic E-state index is 5.78. The van der Waals surface area contributed by atoms with Gasteiger partial charge in [-0.1, -0.05) is 18.2 Å². The van der Waals surface area contributed by atoms with Gasteiger partial charge in [0, 0.05) is 33.8 Å². The third-order valence-electron chi connectivity index (χ3n) is 2.05. The van der Waals surface area contributed by atoms with Crippen molar-refractivity contribution in [3.63, 3.8) is 0 Å². The first kappa shape index (κ1) is 11.6. The molecule has 0 amide bonds. The highest BCUT2D eigenvalue weighted by Crippen LogP contribution is 2.32. The van der Waals surface area contributed by atoms with E-state index in [2.05, 4.69) is 23.2 Å². The van der Waals surface area contributed by atoms with Crippen molar-refractivity contribution in [2.45, 2.75) is 17.9 Å². The van der Waals surface area contributed by atoms with E-state index in [0.29, 0.717) is 0 Å². The minimum absolute atomic E-state index is 0.217. The van der Waals surface area contributed by atoms with Gasteiger partial charge in [-0.25, -0.2) is 4.98 Å². The topological polar surface area (TPSA) is 38.9 Å². The Labute approximate surface area is 104 Å². The predicted octanol–water partition coefficient (Wildman–Crippen LogP) is 3.25. The molecule has 84 valence electrons. The third-order valence-corrected chi connectivity index (χ3v) is 4.22. The lowest BCUT2D eigenvalue weighted by Gasteiger charge is -2.08. The molecule has 0 aliphatic rings. The van der Waals surface area contributed by atoms with Crippen LogP contribution in [0.4, 0.5) is 0 Å². The van der Waals surface area contributed by atoms with Gasteiger partial charge >= 0.3 is 0 Å². The highest BCUT2D eigenvalue weighted by Gasteiger charge is 2.07. The fraction of sp³-hybridized carbons (Fsp3) is 0.250. The molecule has 0 bridgehead atoms. The molecule has 1 heterocycles. The summed E-state index contributed by atoms with van der Waals surface area (Å²) in [4.78, 5) is 5.61. The highest BCUT2D eigenvalue weighted by atomic mass is 32.2. The molecule has 0 fully saturated rings. The lowest BCUT2D eigenvalue weighted by Crippen LogP contribution is -2.17. The summed E-state index contributed by atoms with van der Waals surface area (Å²) in [6.07, 6.45) is 1.84. The van der Waals surface area contributed by atoms with Crippen molar-refractivity contribution < 1.29 is 0 Å². The molecule has 0 saturated carbocycles. The van der Waals surface area contributed by atoms with Gasteiger partial charge in [-0.3, -0.25) is 0 Å². The first-order valence-electron chi connectivity index (χ1n) is 5.14. The van der Waals surface area contributed by atoms with Crippen molar-refractivity contribution >= 4 is 23.1 Å². The average molecular weight is 250 g/mol. The summed E-state index contributed by atoms with van der Waals surface area (Å²) in [7, 11) is 0. The zero-order valence-electron chi connectivity index (χ0n) is 9.09. The zero-order valence-corrected chi connectivity index (χ0v) is 10.7. The number of rotatable bonds is 4. The Balaban J connectivity index is 2.24. The summed E-state index contributed by atoms with van der Waals surface area (Å²) < 4.78 is 0. The van der Waals surface area contributed by atoms with Gasteiger partial charge in [0.2, 0.25) is 0 Å². The molecule has 2 aromatic rings. The SMILES string of the molecule is C[C@H](N)CSc1ccccc1-c1nccs1. The Kier molecular flexibility index (Phi) is 3.98. The molecule has 2 N–H and O–H groups in total. The zero-order chi connectivity index (χ0) is 11.4. The number of thiazole rings is 1. The molecule has 0 aliphatic heterocycles. The first-order valence-corrected chi connectivity index (χ1v) is 7.01. The third kappa shape index (κ3) is 2.84. The van der Waals surface area contributed by atoms with Crippen LogP contribution in [0.2, 0.25) is 0 Å². The van der Waals surface area contributed by atoms with Crippen LogP contribution in [0.5, 0.6) is 0 Å². The van der Waals surface area contributed by atoms with Crippen LogP contribution < -0.4 is 5.73 Å². The summed E-state index contributed by atoms with van der Waals surface area (Å²) in [5.41, 5.74) is 6.99. The van der Waals surface area contributed by atoms with Crippen LogP contribution in [0.1, 0.15) is 6.92 Å². The van der Waals surface area contributed by atoms with E-state index in [-0.39, 0.29) is 6.04 Å². The van der Waals surface area contributed by atoms with Gasteiger partial charge in [0.05, 0.1) is 0 Å². The number of hydrogen-bond acceptors (Lipinski definition) is 4. The van der Waals surface area contributed by atoms with Gasteiger partial charge in [-0.05, 0) is 13.0 Å². The average Bonchev–Trinajstić information content (AvgIpc) is 2.80. The lowest BCUT2D eigenvalue weighted by atomic mass is 10.2. The predicted molar refractivity (Wildman–Crippen MR) is 71.9 cm³/mol. The fourth-order valence-electron chi connectivity index (χ4n) is 1.35. The summed E-state index contributed by atoms with van der Waals surface area (Å²) >= 11 is 3.46. The van der Waals surface area contributed by atoms with Crippen LogP contribution >= 0.6 is 23.1 Å². The Morgan fingerprint density at radius 2 is 2.25 bits per heavy atom. The first-order chi connectivity index (χ1) is 7.77. The Bertz CT molecular complexity index is 438. The molecule has 0 aliphatic carbocycles. The number of hydrogen-bond donors (Lipinski definition) is 1. The summed E-state index contributed by atoms with van der Waals surface area (Å²) in [5.74, 6) is 0.933. The number of nitrogens with zero attached hydrogens (tertiary/aromatic N) is 1. The Hall–Kier alpha value is -0.840. The standard InChI is InChI=1S/C12H14N2S2/c1-9(13)8-16-11-5-3-2-4-10(11)12-14-6-7-15-12/h2-7,9H,8,13H2,1H3/t9-/m0/s1. The highest BCUT2D eigenvalue weighted by molar-refractivity contribution is 7.99. The van der Waals surface area contributed by atoms with Crippen LogP contribution in [-0.4, -0.2) is 16.8 Å². The molecule has 0 radical (unpaired) electrons. The minimum Gasteiger partial charge on any atom is -0.327 e. The van der Waals surface area contributed by atoms with Crippen molar-refractivity contribution in [3.8, 4) is 10.6 Å². The Morgan fingerprint density at radius 3 is 2.94 bits per heavy atom. The van der Waals surface area contributed by atoms with Crippen molar-refractivity contribution in [3.05, 3.63) is 35.8 Å². The monoisotopic (exact) mass is 250 g/mol. The van der Waals surface area contributed by atoms with Gasteiger partial charge in [0.25, 0.3) is 0 Å². The van der Waals surface area contributed by atoms with E-state index in [1.807, 2.05) is 24.6 Å². The number of benzene rings is 1. The van der Waals surface area contributed by atoms with Gasteiger partial charge in [0.15, 0.2) is 0 Å². The lowest BCUT2D eigenvalue weighted by molar-refractivity contribution is 0.847. The van der Waals surface area contributed by atoms with Crippen molar-refractivity contribution in [2.24, 2.45) is 5.73 Å². The van der Waals surface area contributed by atoms with E-state index >= 15 is 0 Å². The van der Waals surface area contributed by atoms with Crippen molar-refractivity contribution in [1.82, 2.24) is 4.98 Å². The second-order valence-corrected chi connectivity index (χ2v) is 5.58. The number of thioether (sulfide) groups is 1. The van der Waals surface area contributed by atoms with Crippen LogP contribution in [-0.2, 0) is 0 Å². The van der Waals surface area contributed by atoms with E-state index in [0.717, 1.165) is 10.8 Å². The van der Waals surface area contributed by atoms with Crippen LogP contribution in [0.3, 0.4) is 0 Å². The van der Waals surface area contributed by atoms with Crippen molar-refractivity contribution in [1.29, 1.82) is 0 Å². The van der Waals surface area contributed by atoms with Crippen LogP contribution in [0.25, 0.3) is 10.6 Å². The molecule has 16 heavy (non-hydrogen) atoms. The molecular weight excluding hydrogens is 236 g/mol. The van der Waals surface area contributed by atoms with E-state index < -0.39 is 0 Å². The molecule has 1 aromatic heterocycles. The van der Waals surface area contributed by atoms with Crippen LogP contribution in [0.15, 0.2) is 40.7 Å². The molecule has 1 atom stereocenters. The summed E-state index contributed by atoms with van der Waals surface area (Å²) in [6.45, 7) is 2.03. The molecular formula is C12H14N2S2. The largest absolute Gasteiger partial charge is 0.327 e. The second-order valence-electron chi connectivity index (χ2n) is 3.62. The van der Waals surface area contributed by atoms with Gasteiger partial charge in [-0.15, -0.1) is 23.1 Å². The quantitative estimate of drug-likeness (QED) is 0.847. The van der Waals surface area contributed by atoms with E-state index in [1.165, 1.54) is 10.5 Å². The van der Waals surface area contributed by atoms with E-state index in [4.69, 9.17) is 5.73 Å². The molecule has 0 spiro atoms. The molecule has 0 unspecified atom stereocenters. The maximum atomic E-state index is 5.78. The van der Waals surface area contributed by atoms with E-state index in [1.54, 1.807) is 23.1 Å². The molecule has 0 saturated heterocycles. The molecule has 2 nitrogen and oxygen atoms in total. The Morgan fingerprint density at radius 1 is 1.44 bits per heavy atom. The van der Waals surface area contributed by atoms with Gasteiger partial charge in [0.1, 0.15) is 5.01 Å². The van der Waals surface area contributed by atoms with Gasteiger partial charge < -0.3 is 5.73 Å². The second kappa shape index (κ2) is 5.48. The molecule has 2 rings (SSSR count). The minimum atomic E-state index is 0.217. The fourth-order valence-corrected chi connectivity index (χ4v) is 3.03. The summed E-state index contributed by atoms with van der Waals surface area (Å²) in [5, 5.41) is 3.08. The normalized spacial score (nSPS) is 12.6. The number of aromatic nitrogens is 1.